The van der Waals surface area contributed by atoms with Gasteiger partial charge in [-0.15, -0.1) is 0 Å². The number of carbonyl (C=O) groups is 1. The molecule has 1 aromatic carbocycles. The predicted molar refractivity (Wildman–Crippen MR) is 73.1 cm³/mol. The Morgan fingerprint density at radius 1 is 1.21 bits per heavy atom. The quantitative estimate of drug-likeness (QED) is 0.789. The lowest BCUT2D eigenvalue weighted by Gasteiger charge is -2.08. The lowest BCUT2D eigenvalue weighted by Crippen LogP contribution is -2.28. The van der Waals surface area contributed by atoms with Gasteiger partial charge in [0, 0.05) is 6.54 Å². The molecular weight excluding hydrogens is 244 g/mol. The van der Waals surface area contributed by atoms with Crippen LogP contribution in [0.5, 0.6) is 0 Å². The lowest BCUT2D eigenvalue weighted by molar-refractivity contribution is -0.148. The van der Waals surface area contributed by atoms with E-state index in [2.05, 4.69) is 0 Å². The Bertz CT molecular complexity index is 652. The molecule has 0 aliphatic rings. The van der Waals surface area contributed by atoms with Gasteiger partial charge < -0.3 is 4.74 Å². The number of esters is 1. The second kappa shape index (κ2) is 5.30. The van der Waals surface area contributed by atoms with Gasteiger partial charge in [-0.3, -0.25) is 13.9 Å². The van der Waals surface area contributed by atoms with Crippen molar-refractivity contribution < 1.29 is 9.53 Å². The minimum Gasteiger partial charge on any atom is -0.462 e. The molecule has 102 valence electrons. The number of aryl methyl sites for hydroxylation is 1. The second-order valence-corrected chi connectivity index (χ2v) is 4.64. The molecule has 0 saturated carbocycles. The van der Waals surface area contributed by atoms with Crippen LogP contribution < -0.4 is 5.69 Å². The predicted octanol–water partition coefficient (Wildman–Crippen LogP) is 1.77. The first-order chi connectivity index (χ1) is 9.04. The normalized spacial score (nSPS) is 11.2. The van der Waals surface area contributed by atoms with Crippen LogP contribution in [0.2, 0.25) is 0 Å². The SMILES string of the molecule is CCn1c(=O)n(CC(=O)OC(C)C)c2ccccc21. The fraction of sp³-hybridized carbons (Fsp3) is 0.429. The Labute approximate surface area is 111 Å². The summed E-state index contributed by atoms with van der Waals surface area (Å²) in [5.41, 5.74) is 1.42. The van der Waals surface area contributed by atoms with Crippen molar-refractivity contribution in [3.8, 4) is 0 Å². The molecule has 5 nitrogen and oxygen atoms in total. The topological polar surface area (TPSA) is 53.2 Å². The zero-order chi connectivity index (χ0) is 14.0. The van der Waals surface area contributed by atoms with Crippen molar-refractivity contribution in [3.05, 3.63) is 34.7 Å². The fourth-order valence-corrected chi connectivity index (χ4v) is 2.16. The van der Waals surface area contributed by atoms with Gasteiger partial charge in [-0.1, -0.05) is 12.1 Å². The average molecular weight is 262 g/mol. The third-order valence-corrected chi connectivity index (χ3v) is 2.90. The first kappa shape index (κ1) is 13.4. The minimum atomic E-state index is -0.392. The molecule has 0 unspecified atom stereocenters. The maximum atomic E-state index is 12.3. The molecule has 0 amide bonds. The smallest absolute Gasteiger partial charge is 0.329 e. The lowest BCUT2D eigenvalue weighted by atomic mass is 10.3. The fourth-order valence-electron chi connectivity index (χ4n) is 2.16. The Kier molecular flexibility index (Phi) is 3.74. The summed E-state index contributed by atoms with van der Waals surface area (Å²) in [6.45, 7) is 6.01. The molecule has 0 aliphatic heterocycles. The third kappa shape index (κ3) is 2.54. The molecule has 0 aliphatic carbocycles. The van der Waals surface area contributed by atoms with Crippen LogP contribution in [-0.4, -0.2) is 21.2 Å². The van der Waals surface area contributed by atoms with Crippen molar-refractivity contribution in [2.45, 2.75) is 40.0 Å². The number of hydrogen-bond donors (Lipinski definition) is 0. The van der Waals surface area contributed by atoms with E-state index in [-0.39, 0.29) is 18.3 Å². The Morgan fingerprint density at radius 2 is 1.79 bits per heavy atom. The monoisotopic (exact) mass is 262 g/mol. The van der Waals surface area contributed by atoms with Crippen LogP contribution in [0.1, 0.15) is 20.8 Å². The number of rotatable bonds is 4. The van der Waals surface area contributed by atoms with Gasteiger partial charge >= 0.3 is 11.7 Å². The van der Waals surface area contributed by atoms with E-state index in [1.54, 1.807) is 18.4 Å². The molecule has 2 rings (SSSR count). The zero-order valence-electron chi connectivity index (χ0n) is 11.4. The Hall–Kier alpha value is -2.04. The van der Waals surface area contributed by atoms with Crippen molar-refractivity contribution in [1.29, 1.82) is 0 Å². The molecule has 0 fully saturated rings. The van der Waals surface area contributed by atoms with E-state index in [9.17, 15) is 9.59 Å². The summed E-state index contributed by atoms with van der Waals surface area (Å²) in [5.74, 6) is -0.392. The number of aromatic nitrogens is 2. The van der Waals surface area contributed by atoms with Crippen LogP contribution in [0.15, 0.2) is 29.1 Å². The molecule has 0 N–H and O–H groups in total. The number of fused-ring (bicyclic) bond motifs is 1. The number of hydrogen-bond acceptors (Lipinski definition) is 3. The molecule has 1 aromatic heterocycles. The number of carbonyl (C=O) groups excluding carboxylic acids is 1. The van der Waals surface area contributed by atoms with Gasteiger partial charge in [-0.2, -0.15) is 0 Å². The van der Waals surface area contributed by atoms with Gasteiger partial charge in [0.05, 0.1) is 17.1 Å². The molecule has 0 atom stereocenters. The van der Waals surface area contributed by atoms with Crippen molar-refractivity contribution in [2.24, 2.45) is 0 Å². The van der Waals surface area contributed by atoms with Crippen LogP contribution >= 0.6 is 0 Å². The highest BCUT2D eigenvalue weighted by Crippen LogP contribution is 2.12. The van der Waals surface area contributed by atoms with E-state index in [1.165, 1.54) is 4.57 Å². The van der Waals surface area contributed by atoms with Gasteiger partial charge in [0.2, 0.25) is 0 Å². The van der Waals surface area contributed by atoms with E-state index < -0.39 is 5.97 Å². The summed E-state index contributed by atoms with van der Waals surface area (Å²) >= 11 is 0. The van der Waals surface area contributed by atoms with Crippen molar-refractivity contribution in [3.63, 3.8) is 0 Å². The summed E-state index contributed by atoms with van der Waals surface area (Å²) in [6.07, 6.45) is -0.178. The highest BCUT2D eigenvalue weighted by molar-refractivity contribution is 5.78. The molecule has 2 aromatic rings. The molecule has 19 heavy (non-hydrogen) atoms. The number of para-hydroxylation sites is 2. The molecule has 0 radical (unpaired) electrons. The average Bonchev–Trinajstić information content (AvgIpc) is 2.61. The van der Waals surface area contributed by atoms with Crippen LogP contribution in [0.25, 0.3) is 11.0 Å². The number of ether oxygens (including phenoxy) is 1. The zero-order valence-corrected chi connectivity index (χ0v) is 11.4. The highest BCUT2D eigenvalue weighted by atomic mass is 16.5. The molecular formula is C14H18N2O3. The van der Waals surface area contributed by atoms with E-state index in [1.807, 2.05) is 31.2 Å². The van der Waals surface area contributed by atoms with E-state index in [4.69, 9.17) is 4.74 Å². The molecule has 0 spiro atoms. The number of nitrogens with zero attached hydrogens (tertiary/aromatic N) is 2. The summed E-state index contributed by atoms with van der Waals surface area (Å²) in [7, 11) is 0. The summed E-state index contributed by atoms with van der Waals surface area (Å²) in [4.78, 5) is 24.0. The van der Waals surface area contributed by atoms with Crippen LogP contribution in [0, 0.1) is 0 Å². The first-order valence-corrected chi connectivity index (χ1v) is 6.42. The number of imidazole rings is 1. The summed E-state index contributed by atoms with van der Waals surface area (Å²) < 4.78 is 8.21. The minimum absolute atomic E-state index is 0.0511. The van der Waals surface area contributed by atoms with E-state index >= 15 is 0 Å². The maximum Gasteiger partial charge on any atom is 0.329 e. The largest absolute Gasteiger partial charge is 0.462 e. The second-order valence-electron chi connectivity index (χ2n) is 4.64. The van der Waals surface area contributed by atoms with Crippen LogP contribution in [0.4, 0.5) is 0 Å². The maximum absolute atomic E-state index is 12.3. The Balaban J connectivity index is 2.46. The molecule has 0 bridgehead atoms. The van der Waals surface area contributed by atoms with Crippen LogP contribution in [0.3, 0.4) is 0 Å². The van der Waals surface area contributed by atoms with Gasteiger partial charge in [0.15, 0.2) is 0 Å². The highest BCUT2D eigenvalue weighted by Gasteiger charge is 2.15. The van der Waals surface area contributed by atoms with Gasteiger partial charge in [0.25, 0.3) is 0 Å². The number of benzene rings is 1. The first-order valence-electron chi connectivity index (χ1n) is 6.42. The third-order valence-electron chi connectivity index (χ3n) is 2.90. The van der Waals surface area contributed by atoms with E-state index in [0.717, 1.165) is 11.0 Å². The van der Waals surface area contributed by atoms with Gasteiger partial charge in [0.1, 0.15) is 6.54 Å². The molecule has 1 heterocycles. The van der Waals surface area contributed by atoms with Crippen molar-refractivity contribution in [2.75, 3.05) is 0 Å². The summed E-state index contributed by atoms with van der Waals surface area (Å²) in [6, 6.07) is 7.45. The Morgan fingerprint density at radius 3 is 2.32 bits per heavy atom. The van der Waals surface area contributed by atoms with Crippen molar-refractivity contribution in [1.82, 2.24) is 9.13 Å². The summed E-state index contributed by atoms with van der Waals surface area (Å²) in [5, 5.41) is 0. The molecule has 5 heteroatoms. The molecule has 0 saturated heterocycles. The van der Waals surface area contributed by atoms with E-state index in [0.29, 0.717) is 6.54 Å². The van der Waals surface area contributed by atoms with Gasteiger partial charge in [-0.25, -0.2) is 4.79 Å². The standard InChI is InChI=1S/C14H18N2O3/c1-4-15-11-7-5-6-8-12(11)16(14(15)18)9-13(17)19-10(2)3/h5-8,10H,4,9H2,1-3H3. The van der Waals surface area contributed by atoms with Crippen LogP contribution in [-0.2, 0) is 22.6 Å². The van der Waals surface area contributed by atoms with Crippen molar-refractivity contribution >= 4 is 17.0 Å². The van der Waals surface area contributed by atoms with Gasteiger partial charge in [-0.05, 0) is 32.9 Å².